The van der Waals surface area contributed by atoms with Crippen molar-refractivity contribution in [1.82, 2.24) is 20.1 Å². The normalized spacial score (nSPS) is 15.8. The number of piperidine rings is 1. The molecule has 1 amide bonds. The van der Waals surface area contributed by atoms with Gasteiger partial charge in [0.2, 0.25) is 0 Å². The van der Waals surface area contributed by atoms with Crippen LogP contribution < -0.4 is 16.1 Å². The predicted octanol–water partition coefficient (Wildman–Crippen LogP) is 0.748. The van der Waals surface area contributed by atoms with Crippen molar-refractivity contribution in [1.29, 1.82) is 0 Å². The number of H-pyrrole nitrogens is 1. The van der Waals surface area contributed by atoms with Crippen molar-refractivity contribution in [2.75, 3.05) is 18.4 Å². The zero-order valence-corrected chi connectivity index (χ0v) is 11.5. The number of hydrogen-bond acceptors (Lipinski definition) is 4. The van der Waals surface area contributed by atoms with Crippen LogP contribution in [0.4, 0.5) is 5.69 Å². The number of anilines is 1. The highest BCUT2D eigenvalue weighted by atomic mass is 16.2. The highest BCUT2D eigenvalue weighted by molar-refractivity contribution is 6.03. The van der Waals surface area contributed by atoms with Crippen LogP contribution >= 0.6 is 0 Å². The van der Waals surface area contributed by atoms with Gasteiger partial charge in [-0.2, -0.15) is 5.10 Å². The highest BCUT2D eigenvalue weighted by Crippen LogP contribution is 2.19. The maximum absolute atomic E-state index is 12.0. The molecule has 21 heavy (non-hydrogen) atoms. The lowest BCUT2D eigenvalue weighted by molar-refractivity contribution is 0.102. The van der Waals surface area contributed by atoms with Crippen LogP contribution in [0.15, 0.2) is 35.6 Å². The third-order valence-corrected chi connectivity index (χ3v) is 3.61. The van der Waals surface area contributed by atoms with Crippen LogP contribution in [0.1, 0.15) is 29.2 Å². The molecule has 0 radical (unpaired) electrons. The first-order valence-corrected chi connectivity index (χ1v) is 6.97. The molecule has 0 bridgehead atoms. The topological polar surface area (TPSA) is 91.8 Å². The first-order valence-electron chi connectivity index (χ1n) is 6.97. The van der Waals surface area contributed by atoms with E-state index in [1.807, 2.05) is 10.9 Å². The Hall–Kier alpha value is -2.41. The SMILES string of the molecule is O=C(Nc1cnn(C2CCNCC2)c1)c1c[nH]ccc1=O. The lowest BCUT2D eigenvalue weighted by Gasteiger charge is -2.22. The fraction of sp³-hybridized carbons (Fsp3) is 0.357. The highest BCUT2D eigenvalue weighted by Gasteiger charge is 2.16. The third kappa shape index (κ3) is 3.03. The maximum Gasteiger partial charge on any atom is 0.261 e. The Morgan fingerprint density at radius 1 is 1.38 bits per heavy atom. The largest absolute Gasteiger partial charge is 0.367 e. The number of aromatic nitrogens is 3. The number of rotatable bonds is 3. The summed E-state index contributed by atoms with van der Waals surface area (Å²) in [5, 5.41) is 10.3. The van der Waals surface area contributed by atoms with Crippen LogP contribution in [0.2, 0.25) is 0 Å². The summed E-state index contributed by atoms with van der Waals surface area (Å²) in [6.07, 6.45) is 8.35. The fourth-order valence-corrected chi connectivity index (χ4v) is 2.47. The van der Waals surface area contributed by atoms with Crippen molar-refractivity contribution in [3.8, 4) is 0 Å². The van der Waals surface area contributed by atoms with Gasteiger partial charge in [-0.15, -0.1) is 0 Å². The summed E-state index contributed by atoms with van der Waals surface area (Å²) < 4.78 is 1.88. The Morgan fingerprint density at radius 3 is 2.95 bits per heavy atom. The molecule has 2 aromatic rings. The van der Waals surface area contributed by atoms with Crippen molar-refractivity contribution >= 4 is 11.6 Å². The molecule has 3 rings (SSSR count). The minimum atomic E-state index is -0.429. The zero-order chi connectivity index (χ0) is 14.7. The van der Waals surface area contributed by atoms with Crippen LogP contribution in [-0.4, -0.2) is 33.8 Å². The van der Waals surface area contributed by atoms with E-state index < -0.39 is 5.91 Å². The monoisotopic (exact) mass is 287 g/mol. The molecule has 1 aliphatic rings. The number of carbonyl (C=O) groups is 1. The minimum absolute atomic E-state index is 0.0899. The molecule has 0 spiro atoms. The predicted molar refractivity (Wildman–Crippen MR) is 78.4 cm³/mol. The van der Waals surface area contributed by atoms with Gasteiger partial charge in [-0.05, 0) is 25.9 Å². The lowest BCUT2D eigenvalue weighted by atomic mass is 10.1. The van der Waals surface area contributed by atoms with Crippen LogP contribution in [0.5, 0.6) is 0 Å². The molecule has 7 heteroatoms. The number of nitrogens with one attached hydrogen (secondary N) is 3. The van der Waals surface area contributed by atoms with E-state index in [1.165, 1.54) is 18.5 Å². The minimum Gasteiger partial charge on any atom is -0.367 e. The van der Waals surface area contributed by atoms with Gasteiger partial charge < -0.3 is 15.6 Å². The lowest BCUT2D eigenvalue weighted by Crippen LogP contribution is -2.29. The van der Waals surface area contributed by atoms with E-state index in [1.54, 1.807) is 6.20 Å². The maximum atomic E-state index is 12.0. The Balaban J connectivity index is 1.71. The number of pyridine rings is 1. The Kier molecular flexibility index (Phi) is 3.83. The Labute approximate surface area is 121 Å². The molecule has 0 unspecified atom stereocenters. The van der Waals surface area contributed by atoms with E-state index in [-0.39, 0.29) is 11.0 Å². The van der Waals surface area contributed by atoms with Crippen LogP contribution in [0.3, 0.4) is 0 Å². The number of nitrogens with zero attached hydrogens (tertiary/aromatic N) is 2. The van der Waals surface area contributed by atoms with Crippen molar-refractivity contribution in [2.24, 2.45) is 0 Å². The first-order chi connectivity index (χ1) is 10.2. The smallest absolute Gasteiger partial charge is 0.261 e. The van der Waals surface area contributed by atoms with E-state index in [0.29, 0.717) is 11.7 Å². The fourth-order valence-electron chi connectivity index (χ4n) is 2.47. The Bertz CT molecular complexity index is 684. The van der Waals surface area contributed by atoms with Gasteiger partial charge in [-0.1, -0.05) is 0 Å². The van der Waals surface area contributed by atoms with Crippen molar-refractivity contribution in [2.45, 2.75) is 18.9 Å². The van der Waals surface area contributed by atoms with Gasteiger partial charge in [-0.3, -0.25) is 14.3 Å². The second-order valence-corrected chi connectivity index (χ2v) is 5.07. The molecule has 0 saturated carbocycles. The molecule has 1 fully saturated rings. The molecule has 3 heterocycles. The molecular formula is C14H17N5O2. The number of hydrogen-bond donors (Lipinski definition) is 3. The molecule has 7 nitrogen and oxygen atoms in total. The van der Waals surface area contributed by atoms with Gasteiger partial charge in [0.1, 0.15) is 5.56 Å². The summed E-state index contributed by atoms with van der Waals surface area (Å²) in [4.78, 5) is 26.4. The van der Waals surface area contributed by atoms with Gasteiger partial charge in [-0.25, -0.2) is 0 Å². The second kappa shape index (κ2) is 5.92. The summed E-state index contributed by atoms with van der Waals surface area (Å²) in [5.41, 5.74) is 0.380. The average molecular weight is 287 g/mol. The molecule has 2 aromatic heterocycles. The summed E-state index contributed by atoms with van der Waals surface area (Å²) >= 11 is 0. The second-order valence-electron chi connectivity index (χ2n) is 5.07. The van der Waals surface area contributed by atoms with Crippen molar-refractivity contribution in [3.63, 3.8) is 0 Å². The molecule has 0 aromatic carbocycles. The van der Waals surface area contributed by atoms with Crippen molar-refractivity contribution < 1.29 is 4.79 Å². The molecule has 0 aliphatic carbocycles. The third-order valence-electron chi connectivity index (χ3n) is 3.61. The van der Waals surface area contributed by atoms with E-state index in [4.69, 9.17) is 0 Å². The van der Waals surface area contributed by atoms with Gasteiger partial charge in [0, 0.05) is 24.7 Å². The Morgan fingerprint density at radius 2 is 2.19 bits per heavy atom. The van der Waals surface area contributed by atoms with Crippen LogP contribution in [-0.2, 0) is 0 Å². The first kappa shape index (κ1) is 13.6. The molecule has 110 valence electrons. The number of aromatic amines is 1. The van der Waals surface area contributed by atoms with Gasteiger partial charge >= 0.3 is 0 Å². The van der Waals surface area contributed by atoms with E-state index in [2.05, 4.69) is 20.7 Å². The summed E-state index contributed by atoms with van der Waals surface area (Å²) in [5.74, 6) is -0.429. The molecule has 0 atom stereocenters. The number of carbonyl (C=O) groups excluding carboxylic acids is 1. The molecule has 1 aliphatic heterocycles. The van der Waals surface area contributed by atoms with Gasteiger partial charge in [0.05, 0.1) is 17.9 Å². The van der Waals surface area contributed by atoms with E-state index in [9.17, 15) is 9.59 Å². The van der Waals surface area contributed by atoms with E-state index >= 15 is 0 Å². The number of amides is 1. The molecule has 3 N–H and O–H groups in total. The molecule has 1 saturated heterocycles. The summed E-state index contributed by atoms with van der Waals surface area (Å²) in [6, 6.07) is 1.69. The zero-order valence-electron chi connectivity index (χ0n) is 11.5. The van der Waals surface area contributed by atoms with Crippen LogP contribution in [0, 0.1) is 0 Å². The summed E-state index contributed by atoms with van der Waals surface area (Å²) in [6.45, 7) is 1.96. The van der Waals surface area contributed by atoms with Crippen molar-refractivity contribution in [3.05, 3.63) is 46.6 Å². The van der Waals surface area contributed by atoms with Gasteiger partial charge in [0.15, 0.2) is 5.43 Å². The molecular weight excluding hydrogens is 270 g/mol. The average Bonchev–Trinajstić information content (AvgIpc) is 2.97. The van der Waals surface area contributed by atoms with Gasteiger partial charge in [0.25, 0.3) is 5.91 Å². The standard InChI is InChI=1S/C14H17N5O2/c20-13-3-6-16-8-12(13)14(21)18-10-7-17-19(9-10)11-1-4-15-5-2-11/h3,6-9,11,15H,1-2,4-5H2,(H,16,20)(H,18,21). The quantitative estimate of drug-likeness (QED) is 0.776. The van der Waals surface area contributed by atoms with E-state index in [0.717, 1.165) is 25.9 Å². The summed E-state index contributed by atoms with van der Waals surface area (Å²) in [7, 11) is 0. The van der Waals surface area contributed by atoms with Crippen LogP contribution in [0.25, 0.3) is 0 Å².